The second kappa shape index (κ2) is 8.11. The van der Waals surface area contributed by atoms with Crippen molar-refractivity contribution in [2.24, 2.45) is 0 Å². The second-order valence-electron chi connectivity index (χ2n) is 7.01. The number of aryl methyl sites for hydroxylation is 1. The topological polar surface area (TPSA) is 52.9 Å². The summed E-state index contributed by atoms with van der Waals surface area (Å²) in [6.07, 6.45) is 2.16. The van der Waals surface area contributed by atoms with Crippen molar-refractivity contribution in [1.29, 1.82) is 0 Å². The van der Waals surface area contributed by atoms with Gasteiger partial charge in [0.1, 0.15) is 0 Å². The molecule has 1 N–H and O–H groups in total. The summed E-state index contributed by atoms with van der Waals surface area (Å²) in [5.74, 6) is 0. The number of urea groups is 1. The SMILES string of the molecule is CCNC(=O)N1CCN(Cc2c(-c3ccc(Cl)cc3)nc3sc(C)cn23)CC1. The highest BCUT2D eigenvalue weighted by Gasteiger charge is 2.24. The third-order valence-electron chi connectivity index (χ3n) is 5.02. The highest BCUT2D eigenvalue weighted by atomic mass is 35.5. The molecule has 6 nitrogen and oxygen atoms in total. The molecular weight excluding hydrogens is 394 g/mol. The van der Waals surface area contributed by atoms with Crippen molar-refractivity contribution in [3.05, 3.63) is 46.1 Å². The third-order valence-corrected chi connectivity index (χ3v) is 6.17. The molecule has 0 bridgehead atoms. The number of fused-ring (bicyclic) bond motifs is 1. The summed E-state index contributed by atoms with van der Waals surface area (Å²) < 4.78 is 2.21. The molecule has 0 aliphatic carbocycles. The monoisotopic (exact) mass is 417 g/mol. The van der Waals surface area contributed by atoms with Crippen molar-refractivity contribution in [2.45, 2.75) is 20.4 Å². The zero-order chi connectivity index (χ0) is 19.7. The van der Waals surface area contributed by atoms with E-state index in [0.29, 0.717) is 6.54 Å². The number of thiazole rings is 1. The molecule has 3 heterocycles. The van der Waals surface area contributed by atoms with Gasteiger partial charge in [-0.2, -0.15) is 0 Å². The minimum absolute atomic E-state index is 0.0317. The van der Waals surface area contributed by atoms with Crippen LogP contribution in [0.1, 0.15) is 17.5 Å². The number of nitrogens with zero attached hydrogens (tertiary/aromatic N) is 4. The summed E-state index contributed by atoms with van der Waals surface area (Å²) in [4.78, 5) is 23.5. The van der Waals surface area contributed by atoms with E-state index in [1.54, 1.807) is 11.3 Å². The Balaban J connectivity index is 1.57. The van der Waals surface area contributed by atoms with E-state index in [9.17, 15) is 4.79 Å². The number of nitrogens with one attached hydrogen (secondary N) is 1. The third kappa shape index (κ3) is 3.87. The van der Waals surface area contributed by atoms with Gasteiger partial charge in [-0.3, -0.25) is 9.30 Å². The van der Waals surface area contributed by atoms with Gasteiger partial charge in [-0.1, -0.05) is 23.7 Å². The van der Waals surface area contributed by atoms with Crippen LogP contribution in [0.2, 0.25) is 5.02 Å². The lowest BCUT2D eigenvalue weighted by Crippen LogP contribution is -2.51. The van der Waals surface area contributed by atoms with Crippen LogP contribution in [0.3, 0.4) is 0 Å². The maximum Gasteiger partial charge on any atom is 0.317 e. The lowest BCUT2D eigenvalue weighted by Gasteiger charge is -2.34. The van der Waals surface area contributed by atoms with Crippen molar-refractivity contribution >= 4 is 33.9 Å². The first-order chi connectivity index (χ1) is 13.5. The van der Waals surface area contributed by atoms with Gasteiger partial charge in [0.25, 0.3) is 0 Å². The number of carbonyl (C=O) groups excluding carboxylic acids is 1. The van der Waals surface area contributed by atoms with Crippen LogP contribution in [-0.2, 0) is 6.54 Å². The summed E-state index contributed by atoms with van der Waals surface area (Å²) in [6, 6.07) is 7.90. The maximum absolute atomic E-state index is 12.0. The Morgan fingerprint density at radius 2 is 1.93 bits per heavy atom. The lowest BCUT2D eigenvalue weighted by molar-refractivity contribution is 0.134. The summed E-state index contributed by atoms with van der Waals surface area (Å²) >= 11 is 7.77. The number of imidazole rings is 1. The highest BCUT2D eigenvalue weighted by Crippen LogP contribution is 2.30. The fraction of sp³-hybridized carbons (Fsp3) is 0.400. The smallest absolute Gasteiger partial charge is 0.317 e. The molecule has 1 saturated heterocycles. The van der Waals surface area contributed by atoms with E-state index in [0.717, 1.165) is 54.0 Å². The van der Waals surface area contributed by atoms with E-state index in [2.05, 4.69) is 27.7 Å². The largest absolute Gasteiger partial charge is 0.338 e. The molecule has 0 radical (unpaired) electrons. The summed E-state index contributed by atoms with van der Waals surface area (Å²) in [7, 11) is 0. The van der Waals surface area contributed by atoms with Crippen LogP contribution >= 0.6 is 22.9 Å². The van der Waals surface area contributed by atoms with E-state index in [4.69, 9.17) is 16.6 Å². The normalized spacial score (nSPS) is 15.3. The molecule has 0 spiro atoms. The fourth-order valence-corrected chi connectivity index (χ4v) is 4.55. The van der Waals surface area contributed by atoms with Crippen molar-refractivity contribution in [3.63, 3.8) is 0 Å². The van der Waals surface area contributed by atoms with Crippen LogP contribution in [0.5, 0.6) is 0 Å². The molecule has 0 atom stereocenters. The molecule has 1 aliphatic heterocycles. The number of hydrogen-bond donors (Lipinski definition) is 1. The number of hydrogen-bond acceptors (Lipinski definition) is 4. The first kappa shape index (κ1) is 19.2. The summed E-state index contributed by atoms with van der Waals surface area (Å²) in [5.41, 5.74) is 3.27. The van der Waals surface area contributed by atoms with Gasteiger partial charge in [-0.05, 0) is 26.0 Å². The van der Waals surface area contributed by atoms with Gasteiger partial charge in [0.15, 0.2) is 4.96 Å². The van der Waals surface area contributed by atoms with Gasteiger partial charge in [0.2, 0.25) is 0 Å². The van der Waals surface area contributed by atoms with Crippen molar-refractivity contribution < 1.29 is 4.79 Å². The number of benzene rings is 1. The lowest BCUT2D eigenvalue weighted by atomic mass is 10.1. The Hall–Kier alpha value is -2.09. The number of rotatable bonds is 4. The maximum atomic E-state index is 12.0. The van der Waals surface area contributed by atoms with Crippen LogP contribution in [0.25, 0.3) is 16.2 Å². The van der Waals surface area contributed by atoms with Gasteiger partial charge >= 0.3 is 6.03 Å². The van der Waals surface area contributed by atoms with Crippen LogP contribution in [0, 0.1) is 6.92 Å². The Morgan fingerprint density at radius 1 is 1.21 bits per heavy atom. The molecule has 2 aromatic heterocycles. The van der Waals surface area contributed by atoms with Gasteiger partial charge < -0.3 is 10.2 Å². The van der Waals surface area contributed by atoms with Gasteiger partial charge in [0.05, 0.1) is 11.4 Å². The first-order valence-electron chi connectivity index (χ1n) is 9.53. The van der Waals surface area contributed by atoms with E-state index in [1.807, 2.05) is 36.1 Å². The molecule has 3 aromatic rings. The van der Waals surface area contributed by atoms with Crippen LogP contribution in [-0.4, -0.2) is 57.9 Å². The van der Waals surface area contributed by atoms with E-state index < -0.39 is 0 Å². The Kier molecular flexibility index (Phi) is 5.57. The van der Waals surface area contributed by atoms with Crippen molar-refractivity contribution in [3.8, 4) is 11.3 Å². The standard InChI is InChI=1S/C20H24ClN5OS/c1-3-22-19(27)25-10-8-24(9-11-25)13-17-18(15-4-6-16(21)7-5-15)23-20-26(17)12-14(2)28-20/h4-7,12H,3,8-11,13H2,1-2H3,(H,22,27). The predicted octanol–water partition coefficient (Wildman–Crippen LogP) is 3.87. The minimum atomic E-state index is 0.0317. The van der Waals surface area contributed by atoms with Crippen LogP contribution < -0.4 is 5.32 Å². The Morgan fingerprint density at radius 3 is 2.61 bits per heavy atom. The zero-order valence-corrected chi connectivity index (χ0v) is 17.7. The predicted molar refractivity (Wildman–Crippen MR) is 114 cm³/mol. The number of halogens is 1. The number of aromatic nitrogens is 2. The Labute approximate surface area is 173 Å². The van der Waals surface area contributed by atoms with Crippen LogP contribution in [0.15, 0.2) is 30.5 Å². The van der Waals surface area contributed by atoms with Crippen LogP contribution in [0.4, 0.5) is 4.79 Å². The zero-order valence-electron chi connectivity index (χ0n) is 16.1. The fourth-order valence-electron chi connectivity index (χ4n) is 3.57. The second-order valence-corrected chi connectivity index (χ2v) is 8.66. The minimum Gasteiger partial charge on any atom is -0.338 e. The Bertz CT molecular complexity index is 973. The average Bonchev–Trinajstić information content (AvgIpc) is 3.20. The molecule has 0 saturated carbocycles. The van der Waals surface area contributed by atoms with E-state index in [1.165, 1.54) is 10.6 Å². The molecule has 0 unspecified atom stereocenters. The number of amides is 2. The molecule has 2 amide bonds. The number of carbonyl (C=O) groups is 1. The quantitative estimate of drug-likeness (QED) is 0.701. The summed E-state index contributed by atoms with van der Waals surface area (Å²) in [6.45, 7) is 8.71. The number of piperazine rings is 1. The molecule has 1 aromatic carbocycles. The molecule has 4 rings (SSSR count). The van der Waals surface area contributed by atoms with Gasteiger partial charge in [-0.15, -0.1) is 11.3 Å². The molecule has 1 aliphatic rings. The van der Waals surface area contributed by atoms with Crippen molar-refractivity contribution in [2.75, 3.05) is 32.7 Å². The highest BCUT2D eigenvalue weighted by molar-refractivity contribution is 7.17. The van der Waals surface area contributed by atoms with Gasteiger partial charge in [0, 0.05) is 60.9 Å². The first-order valence-corrected chi connectivity index (χ1v) is 10.7. The van der Waals surface area contributed by atoms with E-state index >= 15 is 0 Å². The molecule has 148 valence electrons. The molecule has 1 fully saturated rings. The van der Waals surface area contributed by atoms with Crippen molar-refractivity contribution in [1.82, 2.24) is 24.5 Å². The van der Waals surface area contributed by atoms with Gasteiger partial charge in [-0.25, -0.2) is 9.78 Å². The molecule has 28 heavy (non-hydrogen) atoms. The average molecular weight is 418 g/mol. The molecule has 8 heteroatoms. The summed E-state index contributed by atoms with van der Waals surface area (Å²) in [5, 5.41) is 3.61. The van der Waals surface area contributed by atoms with E-state index in [-0.39, 0.29) is 6.03 Å². The molecular formula is C20H24ClN5OS.